The van der Waals surface area contributed by atoms with E-state index in [9.17, 15) is 13.2 Å². The summed E-state index contributed by atoms with van der Waals surface area (Å²) >= 11 is 0. The summed E-state index contributed by atoms with van der Waals surface area (Å²) in [5, 5.41) is 7.67. The maximum atomic E-state index is 11.7. The Balaban J connectivity index is 2.51. The van der Waals surface area contributed by atoms with Gasteiger partial charge in [0.1, 0.15) is 0 Å². The van der Waals surface area contributed by atoms with E-state index in [0.29, 0.717) is 6.42 Å². The molecule has 0 radical (unpaired) electrons. The first kappa shape index (κ1) is 18.4. The van der Waals surface area contributed by atoms with E-state index in [0.717, 1.165) is 6.26 Å². The highest BCUT2D eigenvalue weighted by molar-refractivity contribution is 7.85. The number of hydrogen-bond acceptors (Lipinski definition) is 8. The van der Waals surface area contributed by atoms with Gasteiger partial charge in [-0.25, -0.2) is 9.48 Å². The molecule has 126 valence electrons. The van der Waals surface area contributed by atoms with E-state index >= 15 is 0 Å². The molecule has 1 aromatic heterocycles. The lowest BCUT2D eigenvalue weighted by Gasteiger charge is -2.17. The van der Waals surface area contributed by atoms with Crippen molar-refractivity contribution in [2.75, 3.05) is 26.6 Å². The molecule has 0 aliphatic rings. The second-order valence-corrected chi connectivity index (χ2v) is 6.62. The lowest BCUT2D eigenvalue weighted by Crippen LogP contribution is -2.26. The number of nitrogens with zero attached hydrogens (tertiary/aromatic N) is 3. The van der Waals surface area contributed by atoms with Crippen molar-refractivity contribution in [3.05, 3.63) is 6.20 Å². The lowest BCUT2D eigenvalue weighted by atomic mass is 10.1. The zero-order chi connectivity index (χ0) is 16.8. The first-order valence-electron chi connectivity index (χ1n) is 6.71. The van der Waals surface area contributed by atoms with Crippen LogP contribution in [0.5, 0.6) is 5.88 Å². The van der Waals surface area contributed by atoms with Crippen molar-refractivity contribution >= 4 is 16.1 Å². The van der Waals surface area contributed by atoms with Crippen LogP contribution in [0.2, 0.25) is 0 Å². The predicted molar refractivity (Wildman–Crippen MR) is 76.8 cm³/mol. The summed E-state index contributed by atoms with van der Waals surface area (Å²) in [5.74, 6) is -0.188. The Morgan fingerprint density at radius 2 is 2.05 bits per heavy atom. The van der Waals surface area contributed by atoms with Gasteiger partial charge in [-0.2, -0.15) is 8.42 Å². The van der Waals surface area contributed by atoms with Gasteiger partial charge < -0.3 is 9.47 Å². The molecule has 0 aliphatic heterocycles. The SMILES string of the molecule is COC(=O)C(C(C)C)n1cc(OCCCOS(C)(=O)=O)nn1. The van der Waals surface area contributed by atoms with Crippen molar-refractivity contribution in [2.45, 2.75) is 26.3 Å². The van der Waals surface area contributed by atoms with Gasteiger partial charge in [0.15, 0.2) is 6.04 Å². The number of hydrogen-bond donors (Lipinski definition) is 0. The zero-order valence-electron chi connectivity index (χ0n) is 13.1. The highest BCUT2D eigenvalue weighted by Crippen LogP contribution is 2.20. The molecule has 22 heavy (non-hydrogen) atoms. The molecule has 0 bridgehead atoms. The smallest absolute Gasteiger partial charge is 0.330 e. The molecule has 0 saturated heterocycles. The monoisotopic (exact) mass is 335 g/mol. The Labute approximate surface area is 129 Å². The third-order valence-electron chi connectivity index (χ3n) is 2.68. The van der Waals surface area contributed by atoms with Crippen molar-refractivity contribution in [1.29, 1.82) is 0 Å². The van der Waals surface area contributed by atoms with Crippen molar-refractivity contribution < 1.29 is 26.9 Å². The van der Waals surface area contributed by atoms with Crippen LogP contribution in [0.25, 0.3) is 0 Å². The second-order valence-electron chi connectivity index (χ2n) is 4.98. The van der Waals surface area contributed by atoms with Gasteiger partial charge in [0, 0.05) is 6.42 Å². The number of esters is 1. The maximum Gasteiger partial charge on any atom is 0.330 e. The average molecular weight is 335 g/mol. The van der Waals surface area contributed by atoms with E-state index in [1.807, 2.05) is 13.8 Å². The number of carbonyl (C=O) groups is 1. The molecule has 0 spiro atoms. The normalized spacial score (nSPS) is 13.1. The number of aromatic nitrogens is 3. The molecule has 1 rings (SSSR count). The molecular formula is C12H21N3O6S. The Morgan fingerprint density at radius 1 is 1.36 bits per heavy atom. The summed E-state index contributed by atoms with van der Waals surface area (Å²) < 4.78 is 37.6. The van der Waals surface area contributed by atoms with Gasteiger partial charge in [-0.3, -0.25) is 4.18 Å². The minimum Gasteiger partial charge on any atom is -0.475 e. The summed E-state index contributed by atoms with van der Waals surface area (Å²) in [4.78, 5) is 11.7. The van der Waals surface area contributed by atoms with E-state index in [4.69, 9.17) is 9.47 Å². The molecule has 1 aromatic rings. The fourth-order valence-corrected chi connectivity index (χ4v) is 2.14. The highest BCUT2D eigenvalue weighted by Gasteiger charge is 2.26. The fraction of sp³-hybridized carbons (Fsp3) is 0.750. The molecule has 0 fully saturated rings. The van der Waals surface area contributed by atoms with Crippen LogP contribution in [0.15, 0.2) is 6.20 Å². The molecule has 9 nitrogen and oxygen atoms in total. The van der Waals surface area contributed by atoms with Gasteiger partial charge in [0.05, 0.1) is 32.8 Å². The average Bonchev–Trinajstić information content (AvgIpc) is 2.85. The van der Waals surface area contributed by atoms with E-state index in [2.05, 4.69) is 14.5 Å². The summed E-state index contributed by atoms with van der Waals surface area (Å²) in [6.07, 6.45) is 2.86. The second kappa shape index (κ2) is 8.08. The number of rotatable bonds is 9. The summed E-state index contributed by atoms with van der Waals surface area (Å²) in [7, 11) is -2.12. The molecule has 0 amide bonds. The Hall–Kier alpha value is -1.68. The molecular weight excluding hydrogens is 314 g/mol. The minimum absolute atomic E-state index is 0.0230. The molecule has 1 unspecified atom stereocenters. The fourth-order valence-electron chi connectivity index (χ4n) is 1.71. The van der Waals surface area contributed by atoms with Crippen LogP contribution in [-0.2, 0) is 23.8 Å². The van der Waals surface area contributed by atoms with Crippen LogP contribution >= 0.6 is 0 Å². The highest BCUT2D eigenvalue weighted by atomic mass is 32.2. The van der Waals surface area contributed by atoms with Gasteiger partial charge in [0.25, 0.3) is 16.0 Å². The first-order chi connectivity index (χ1) is 10.2. The van der Waals surface area contributed by atoms with Crippen molar-refractivity contribution in [3.8, 4) is 5.88 Å². The lowest BCUT2D eigenvalue weighted by molar-refractivity contribution is -0.146. The Kier molecular flexibility index (Phi) is 6.75. The van der Waals surface area contributed by atoms with Gasteiger partial charge in [-0.15, -0.1) is 0 Å². The third-order valence-corrected chi connectivity index (χ3v) is 3.28. The quantitative estimate of drug-likeness (QED) is 0.362. The molecule has 0 aliphatic carbocycles. The zero-order valence-corrected chi connectivity index (χ0v) is 13.9. The van der Waals surface area contributed by atoms with Crippen LogP contribution in [0.1, 0.15) is 26.3 Å². The van der Waals surface area contributed by atoms with Crippen LogP contribution in [0, 0.1) is 5.92 Å². The maximum absolute atomic E-state index is 11.7. The molecule has 0 N–H and O–H groups in total. The summed E-state index contributed by atoms with van der Waals surface area (Å²) in [5.41, 5.74) is 0. The van der Waals surface area contributed by atoms with Gasteiger partial charge in [-0.1, -0.05) is 24.2 Å². The van der Waals surface area contributed by atoms with Crippen molar-refractivity contribution in [2.24, 2.45) is 5.92 Å². The van der Waals surface area contributed by atoms with Crippen LogP contribution in [0.4, 0.5) is 0 Å². The summed E-state index contributed by atoms with van der Waals surface area (Å²) in [6, 6.07) is -0.580. The van der Waals surface area contributed by atoms with Gasteiger partial charge >= 0.3 is 5.97 Å². The standard InChI is InChI=1S/C12H21N3O6S/c1-9(2)11(12(16)19-3)15-8-10(13-14-15)20-6-5-7-21-22(4,17)18/h8-9,11H,5-7H2,1-4H3. The first-order valence-corrected chi connectivity index (χ1v) is 8.53. The van der Waals surface area contributed by atoms with Crippen LogP contribution < -0.4 is 4.74 Å². The predicted octanol–water partition coefficient (Wildman–Crippen LogP) is 0.393. The van der Waals surface area contributed by atoms with E-state index in [1.54, 1.807) is 0 Å². The Morgan fingerprint density at radius 3 is 2.59 bits per heavy atom. The topological polar surface area (TPSA) is 110 Å². The van der Waals surface area contributed by atoms with E-state index < -0.39 is 22.1 Å². The van der Waals surface area contributed by atoms with Crippen molar-refractivity contribution in [1.82, 2.24) is 15.0 Å². The third kappa shape index (κ3) is 5.98. The largest absolute Gasteiger partial charge is 0.475 e. The van der Waals surface area contributed by atoms with Crippen molar-refractivity contribution in [3.63, 3.8) is 0 Å². The van der Waals surface area contributed by atoms with Gasteiger partial charge in [-0.05, 0) is 5.92 Å². The molecule has 0 aromatic carbocycles. The molecule has 10 heteroatoms. The van der Waals surface area contributed by atoms with Gasteiger partial charge in [0.2, 0.25) is 0 Å². The van der Waals surface area contributed by atoms with Crippen LogP contribution in [0.3, 0.4) is 0 Å². The minimum atomic E-state index is -3.44. The number of methoxy groups -OCH3 is 1. The number of carbonyl (C=O) groups excluding carboxylic acids is 1. The Bertz CT molecular complexity index is 583. The number of ether oxygens (including phenoxy) is 2. The van der Waals surface area contributed by atoms with E-state index in [-0.39, 0.29) is 25.0 Å². The molecule has 1 heterocycles. The van der Waals surface area contributed by atoms with Crippen LogP contribution in [-0.4, -0.2) is 56.0 Å². The molecule has 1 atom stereocenters. The molecule has 0 saturated carbocycles. The summed E-state index contributed by atoms with van der Waals surface area (Å²) in [6.45, 7) is 3.99. The van der Waals surface area contributed by atoms with E-state index in [1.165, 1.54) is 18.0 Å².